The number of benzene rings is 1. The number of hydrogen-bond acceptors (Lipinski definition) is 4. The molecule has 0 amide bonds. The predicted molar refractivity (Wildman–Crippen MR) is 80.0 cm³/mol. The van der Waals surface area contributed by atoms with Gasteiger partial charge < -0.3 is 23.8 Å². The van der Waals surface area contributed by atoms with Crippen LogP contribution in [-0.2, 0) is 25.6 Å². The van der Waals surface area contributed by atoms with E-state index in [-0.39, 0.29) is 6.04 Å². The average Bonchev–Trinajstić information content (AvgIpc) is 2.53. The van der Waals surface area contributed by atoms with Gasteiger partial charge in [0, 0.05) is 7.11 Å². The Kier molecular flexibility index (Phi) is 10.3. The molecule has 116 valence electrons. The topological polar surface area (TPSA) is 41.3 Å². The van der Waals surface area contributed by atoms with Crippen LogP contribution < -0.4 is 0 Å². The molecule has 0 aliphatic rings. The van der Waals surface area contributed by atoms with Crippen molar-refractivity contribution in [3.63, 3.8) is 0 Å². The van der Waals surface area contributed by atoms with Gasteiger partial charge in [-0.2, -0.15) is 0 Å². The maximum Gasteiger partial charge on any atom is 0.269 e. The van der Waals surface area contributed by atoms with Gasteiger partial charge >= 0.3 is 0 Å². The summed E-state index contributed by atoms with van der Waals surface area (Å²) in [5, 5.41) is 0. The van der Waals surface area contributed by atoms with Crippen LogP contribution in [0.4, 0.5) is 0 Å². The highest BCUT2D eigenvalue weighted by molar-refractivity contribution is 5.13. The monoisotopic (exact) mass is 293 g/mol. The van der Waals surface area contributed by atoms with Crippen LogP contribution in [0.5, 0.6) is 0 Å². The standard InChI is InChI=1S/C16H23NO4/c1-17-16(13-20-11-10-19-9-8-18-2)14-21-12-15-6-4-3-5-7-15/h3-7,16H,8-14H2,2H3/t16-/m1/s1. The van der Waals surface area contributed by atoms with Crippen molar-refractivity contribution in [3.05, 3.63) is 47.3 Å². The minimum atomic E-state index is -0.271. The van der Waals surface area contributed by atoms with E-state index in [9.17, 15) is 0 Å². The van der Waals surface area contributed by atoms with Crippen LogP contribution in [-0.4, -0.2) is 52.8 Å². The summed E-state index contributed by atoms with van der Waals surface area (Å²) in [6, 6.07) is 9.64. The van der Waals surface area contributed by atoms with Gasteiger partial charge in [0.1, 0.15) is 13.2 Å². The molecule has 21 heavy (non-hydrogen) atoms. The highest BCUT2D eigenvalue weighted by Gasteiger charge is 2.12. The van der Waals surface area contributed by atoms with Gasteiger partial charge in [-0.3, -0.25) is 0 Å². The van der Waals surface area contributed by atoms with Crippen LogP contribution in [0.25, 0.3) is 4.85 Å². The molecule has 0 aliphatic carbocycles. The van der Waals surface area contributed by atoms with Gasteiger partial charge in [0.2, 0.25) is 0 Å². The molecule has 0 bridgehead atoms. The lowest BCUT2D eigenvalue weighted by atomic mass is 10.2. The molecule has 0 N–H and O–H groups in total. The molecule has 1 aromatic carbocycles. The highest BCUT2D eigenvalue weighted by Crippen LogP contribution is 2.02. The molecule has 0 fully saturated rings. The summed E-state index contributed by atoms with van der Waals surface area (Å²) in [5.41, 5.74) is 1.11. The molecule has 1 aromatic rings. The summed E-state index contributed by atoms with van der Waals surface area (Å²) in [6.07, 6.45) is 0. The summed E-state index contributed by atoms with van der Waals surface area (Å²) in [4.78, 5) is 3.51. The Morgan fingerprint density at radius 3 is 2.33 bits per heavy atom. The summed E-state index contributed by atoms with van der Waals surface area (Å²) in [7, 11) is 1.63. The number of methoxy groups -OCH3 is 1. The van der Waals surface area contributed by atoms with E-state index in [1.54, 1.807) is 7.11 Å². The third kappa shape index (κ3) is 9.16. The molecule has 0 saturated carbocycles. The second-order valence-corrected chi connectivity index (χ2v) is 4.46. The van der Waals surface area contributed by atoms with E-state index in [2.05, 4.69) is 4.85 Å². The maximum absolute atomic E-state index is 7.13. The molecule has 0 radical (unpaired) electrons. The lowest BCUT2D eigenvalue weighted by Crippen LogP contribution is -2.20. The van der Waals surface area contributed by atoms with Gasteiger partial charge in [-0.05, 0) is 5.56 Å². The van der Waals surface area contributed by atoms with Crippen LogP contribution in [0.1, 0.15) is 5.56 Å². The fourth-order valence-electron chi connectivity index (χ4n) is 1.59. The fourth-order valence-corrected chi connectivity index (χ4v) is 1.59. The Morgan fingerprint density at radius 1 is 0.952 bits per heavy atom. The van der Waals surface area contributed by atoms with E-state index >= 15 is 0 Å². The molecule has 5 heteroatoms. The van der Waals surface area contributed by atoms with Crippen LogP contribution in [0.15, 0.2) is 30.3 Å². The first-order chi connectivity index (χ1) is 10.4. The zero-order valence-corrected chi connectivity index (χ0v) is 12.5. The smallest absolute Gasteiger partial charge is 0.269 e. The number of nitrogens with zero attached hydrogens (tertiary/aromatic N) is 1. The first-order valence-electron chi connectivity index (χ1n) is 6.99. The molecule has 1 rings (SSSR count). The Morgan fingerprint density at radius 2 is 1.62 bits per heavy atom. The fraction of sp³-hybridized carbons (Fsp3) is 0.562. The molecular formula is C16H23NO4. The van der Waals surface area contributed by atoms with E-state index in [0.29, 0.717) is 46.2 Å². The quantitative estimate of drug-likeness (QED) is 0.437. The highest BCUT2D eigenvalue weighted by atomic mass is 16.5. The van der Waals surface area contributed by atoms with E-state index < -0.39 is 0 Å². The Hall–Kier alpha value is -1.45. The first kappa shape index (κ1) is 17.6. The number of ether oxygens (including phenoxy) is 4. The van der Waals surface area contributed by atoms with E-state index in [4.69, 9.17) is 25.5 Å². The van der Waals surface area contributed by atoms with Gasteiger partial charge in [0.15, 0.2) is 0 Å². The van der Waals surface area contributed by atoms with Crippen molar-refractivity contribution in [1.29, 1.82) is 0 Å². The van der Waals surface area contributed by atoms with Crippen molar-refractivity contribution in [1.82, 2.24) is 0 Å². The summed E-state index contributed by atoms with van der Waals surface area (Å²) < 4.78 is 21.1. The van der Waals surface area contributed by atoms with Crippen LogP contribution in [0.3, 0.4) is 0 Å². The summed E-state index contributed by atoms with van der Waals surface area (Å²) in [6.45, 7) is 10.5. The number of rotatable bonds is 12. The van der Waals surface area contributed by atoms with Gasteiger partial charge in [0.05, 0.1) is 33.0 Å². The zero-order chi connectivity index (χ0) is 15.2. The lowest BCUT2D eigenvalue weighted by molar-refractivity contribution is 0.0155. The molecule has 5 nitrogen and oxygen atoms in total. The molecule has 1 atom stereocenters. The van der Waals surface area contributed by atoms with Crippen molar-refractivity contribution >= 4 is 0 Å². The zero-order valence-electron chi connectivity index (χ0n) is 12.5. The lowest BCUT2D eigenvalue weighted by Gasteiger charge is -2.08. The van der Waals surface area contributed by atoms with Crippen LogP contribution in [0, 0.1) is 6.57 Å². The molecule has 0 aromatic heterocycles. The molecule has 0 spiro atoms. The summed E-state index contributed by atoms with van der Waals surface area (Å²) in [5.74, 6) is 0. The Labute approximate surface area is 126 Å². The second kappa shape index (κ2) is 12.3. The van der Waals surface area contributed by atoms with Gasteiger partial charge in [0.25, 0.3) is 6.04 Å². The van der Waals surface area contributed by atoms with Crippen LogP contribution in [0.2, 0.25) is 0 Å². The normalized spacial score (nSPS) is 12.0. The van der Waals surface area contributed by atoms with Crippen molar-refractivity contribution in [2.75, 3.05) is 46.8 Å². The maximum atomic E-state index is 7.13. The molecule has 0 aliphatic heterocycles. The first-order valence-corrected chi connectivity index (χ1v) is 6.99. The minimum Gasteiger partial charge on any atom is -0.382 e. The van der Waals surface area contributed by atoms with Gasteiger partial charge in [-0.25, -0.2) is 6.57 Å². The van der Waals surface area contributed by atoms with Crippen LogP contribution >= 0.6 is 0 Å². The Bertz CT molecular complexity index is 391. The molecule has 0 saturated heterocycles. The van der Waals surface area contributed by atoms with Gasteiger partial charge in [-0.15, -0.1) is 0 Å². The Balaban J connectivity index is 2.03. The third-order valence-corrected chi connectivity index (χ3v) is 2.72. The van der Waals surface area contributed by atoms with E-state index in [0.717, 1.165) is 5.56 Å². The van der Waals surface area contributed by atoms with E-state index in [1.165, 1.54) is 0 Å². The van der Waals surface area contributed by atoms with Crippen molar-refractivity contribution in [2.24, 2.45) is 0 Å². The van der Waals surface area contributed by atoms with Crippen molar-refractivity contribution in [2.45, 2.75) is 12.6 Å². The second-order valence-electron chi connectivity index (χ2n) is 4.46. The molecule has 0 heterocycles. The van der Waals surface area contributed by atoms with Crippen molar-refractivity contribution in [3.8, 4) is 0 Å². The number of hydrogen-bond donors (Lipinski definition) is 0. The van der Waals surface area contributed by atoms with Gasteiger partial charge in [-0.1, -0.05) is 30.3 Å². The SMILES string of the molecule is [C-]#[N+][C@H](COCCOCCOC)COCc1ccccc1. The largest absolute Gasteiger partial charge is 0.382 e. The summed E-state index contributed by atoms with van der Waals surface area (Å²) >= 11 is 0. The van der Waals surface area contributed by atoms with Crippen molar-refractivity contribution < 1.29 is 18.9 Å². The predicted octanol–water partition coefficient (Wildman–Crippen LogP) is 2.17. The van der Waals surface area contributed by atoms with E-state index in [1.807, 2.05) is 30.3 Å². The molecule has 0 unspecified atom stereocenters. The molecular weight excluding hydrogens is 270 g/mol. The minimum absolute atomic E-state index is 0.271. The average molecular weight is 293 g/mol. The third-order valence-electron chi connectivity index (χ3n) is 2.72.